The van der Waals surface area contributed by atoms with E-state index in [1.54, 1.807) is 0 Å². The van der Waals surface area contributed by atoms with E-state index in [0.29, 0.717) is 5.69 Å². The van der Waals surface area contributed by atoms with Gasteiger partial charge in [0.2, 0.25) is 5.91 Å². The van der Waals surface area contributed by atoms with Crippen molar-refractivity contribution in [1.29, 1.82) is 0 Å². The molecule has 1 unspecified atom stereocenters. The van der Waals surface area contributed by atoms with Crippen molar-refractivity contribution in [2.24, 2.45) is 0 Å². The summed E-state index contributed by atoms with van der Waals surface area (Å²) in [7, 11) is 0. The summed E-state index contributed by atoms with van der Waals surface area (Å²) in [5.74, 6) is -0.0617. The molecule has 0 aliphatic heterocycles. The SMILES string of the molecule is CSC1(CNC(=O)C(C)c2cccc(N)c2)CCC1. The third kappa shape index (κ3) is 3.24. The zero-order valence-electron chi connectivity index (χ0n) is 11.6. The molecule has 3 nitrogen and oxygen atoms in total. The number of carbonyl (C=O) groups excluding carboxylic acids is 1. The Hall–Kier alpha value is -1.16. The zero-order chi connectivity index (χ0) is 13.9. The molecule has 0 radical (unpaired) electrons. The molecule has 3 N–H and O–H groups in total. The van der Waals surface area contributed by atoms with Crippen molar-refractivity contribution in [3.8, 4) is 0 Å². The molecule has 1 atom stereocenters. The first-order valence-corrected chi connectivity index (χ1v) is 7.97. The van der Waals surface area contributed by atoms with Gasteiger partial charge in [-0.1, -0.05) is 18.6 Å². The Morgan fingerprint density at radius 2 is 2.26 bits per heavy atom. The first kappa shape index (κ1) is 14.3. The number of benzene rings is 1. The predicted molar refractivity (Wildman–Crippen MR) is 82.4 cm³/mol. The third-order valence-corrected chi connectivity index (χ3v) is 5.51. The molecule has 104 valence electrons. The van der Waals surface area contributed by atoms with Crippen LogP contribution in [0.2, 0.25) is 0 Å². The van der Waals surface area contributed by atoms with Crippen molar-refractivity contribution in [3.63, 3.8) is 0 Å². The van der Waals surface area contributed by atoms with Gasteiger partial charge in [-0.2, -0.15) is 11.8 Å². The topological polar surface area (TPSA) is 55.1 Å². The second-order valence-corrected chi connectivity index (χ2v) is 6.62. The van der Waals surface area contributed by atoms with E-state index in [2.05, 4.69) is 11.6 Å². The van der Waals surface area contributed by atoms with E-state index in [1.165, 1.54) is 19.3 Å². The lowest BCUT2D eigenvalue weighted by molar-refractivity contribution is -0.122. The first-order chi connectivity index (χ1) is 9.06. The van der Waals surface area contributed by atoms with Crippen LogP contribution in [0.4, 0.5) is 5.69 Å². The van der Waals surface area contributed by atoms with Crippen LogP contribution in [0.25, 0.3) is 0 Å². The van der Waals surface area contributed by atoms with Crippen molar-refractivity contribution in [2.75, 3.05) is 18.5 Å². The molecule has 0 spiro atoms. The summed E-state index contributed by atoms with van der Waals surface area (Å²) in [6.45, 7) is 2.70. The Kier molecular flexibility index (Phi) is 4.40. The number of nitrogen functional groups attached to an aromatic ring is 1. The minimum Gasteiger partial charge on any atom is -0.399 e. The fourth-order valence-corrected chi connectivity index (χ4v) is 3.32. The van der Waals surface area contributed by atoms with Gasteiger partial charge in [-0.05, 0) is 43.7 Å². The largest absolute Gasteiger partial charge is 0.399 e. The summed E-state index contributed by atoms with van der Waals surface area (Å²) >= 11 is 1.88. The van der Waals surface area contributed by atoms with Crippen LogP contribution in [0.3, 0.4) is 0 Å². The van der Waals surface area contributed by atoms with E-state index < -0.39 is 0 Å². The fraction of sp³-hybridized carbons (Fsp3) is 0.533. The highest BCUT2D eigenvalue weighted by molar-refractivity contribution is 8.00. The number of hydrogen-bond donors (Lipinski definition) is 2. The van der Waals surface area contributed by atoms with Crippen LogP contribution >= 0.6 is 11.8 Å². The maximum atomic E-state index is 12.2. The summed E-state index contributed by atoms with van der Waals surface area (Å²) < 4.78 is 0.283. The predicted octanol–water partition coefficient (Wildman–Crippen LogP) is 2.77. The summed E-state index contributed by atoms with van der Waals surface area (Å²) in [6, 6.07) is 7.56. The van der Waals surface area contributed by atoms with Crippen molar-refractivity contribution in [3.05, 3.63) is 29.8 Å². The van der Waals surface area contributed by atoms with Crippen molar-refractivity contribution >= 4 is 23.4 Å². The van der Waals surface area contributed by atoms with Crippen molar-refractivity contribution < 1.29 is 4.79 Å². The first-order valence-electron chi connectivity index (χ1n) is 6.75. The van der Waals surface area contributed by atoms with Gasteiger partial charge >= 0.3 is 0 Å². The van der Waals surface area contributed by atoms with E-state index in [4.69, 9.17) is 5.73 Å². The second kappa shape index (κ2) is 5.87. The smallest absolute Gasteiger partial charge is 0.227 e. The van der Waals surface area contributed by atoms with E-state index in [9.17, 15) is 4.79 Å². The number of hydrogen-bond acceptors (Lipinski definition) is 3. The molecule has 1 aliphatic rings. The number of nitrogens with one attached hydrogen (secondary N) is 1. The van der Waals surface area contributed by atoms with Gasteiger partial charge in [0.25, 0.3) is 0 Å². The van der Waals surface area contributed by atoms with Gasteiger partial charge in [-0.3, -0.25) is 4.79 Å². The van der Waals surface area contributed by atoms with Gasteiger partial charge in [0, 0.05) is 17.0 Å². The van der Waals surface area contributed by atoms with Gasteiger partial charge in [0.05, 0.1) is 5.92 Å². The van der Waals surface area contributed by atoms with E-state index in [0.717, 1.165) is 12.1 Å². The monoisotopic (exact) mass is 278 g/mol. The van der Waals surface area contributed by atoms with Crippen LogP contribution in [0.5, 0.6) is 0 Å². The van der Waals surface area contributed by atoms with E-state index in [-0.39, 0.29) is 16.6 Å². The molecule has 1 aliphatic carbocycles. The normalized spacial score (nSPS) is 18.4. The molecule has 0 saturated heterocycles. The van der Waals surface area contributed by atoms with Gasteiger partial charge < -0.3 is 11.1 Å². The lowest BCUT2D eigenvalue weighted by atomic mass is 9.84. The number of carbonyl (C=O) groups is 1. The minimum absolute atomic E-state index is 0.0888. The highest BCUT2D eigenvalue weighted by atomic mass is 32.2. The molecule has 19 heavy (non-hydrogen) atoms. The van der Waals surface area contributed by atoms with Crippen molar-refractivity contribution in [1.82, 2.24) is 5.32 Å². The van der Waals surface area contributed by atoms with E-state index >= 15 is 0 Å². The molecule has 1 saturated carbocycles. The Bertz CT molecular complexity index is 452. The third-order valence-electron chi connectivity index (χ3n) is 4.09. The maximum absolute atomic E-state index is 12.2. The number of anilines is 1. The molecule has 2 rings (SSSR count). The van der Waals surface area contributed by atoms with Crippen LogP contribution in [0, 0.1) is 0 Å². The molecule has 4 heteroatoms. The summed E-state index contributed by atoms with van der Waals surface area (Å²) in [4.78, 5) is 12.2. The summed E-state index contributed by atoms with van der Waals surface area (Å²) in [5, 5.41) is 3.09. The molecule has 1 aromatic rings. The molecule has 1 aromatic carbocycles. The molecule has 0 heterocycles. The minimum atomic E-state index is -0.150. The zero-order valence-corrected chi connectivity index (χ0v) is 12.4. The van der Waals surface area contributed by atoms with Gasteiger partial charge in [-0.15, -0.1) is 0 Å². The standard InChI is InChI=1S/C15H22N2OS/c1-11(12-5-3-6-13(16)9-12)14(18)17-10-15(19-2)7-4-8-15/h3,5-6,9,11H,4,7-8,10,16H2,1-2H3,(H,17,18). The Morgan fingerprint density at radius 3 is 2.79 bits per heavy atom. The number of amides is 1. The molecule has 0 bridgehead atoms. The Labute approximate surface area is 119 Å². The van der Waals surface area contributed by atoms with Crippen LogP contribution in [0.1, 0.15) is 37.7 Å². The molecule has 1 amide bonds. The fourth-order valence-electron chi connectivity index (χ4n) is 2.41. The molecular weight excluding hydrogens is 256 g/mol. The Balaban J connectivity index is 1.92. The lowest BCUT2D eigenvalue weighted by Crippen LogP contribution is -2.46. The number of thioether (sulfide) groups is 1. The maximum Gasteiger partial charge on any atom is 0.227 e. The van der Waals surface area contributed by atoms with Gasteiger partial charge in [0.15, 0.2) is 0 Å². The quantitative estimate of drug-likeness (QED) is 0.814. The van der Waals surface area contributed by atoms with Gasteiger partial charge in [-0.25, -0.2) is 0 Å². The number of nitrogens with two attached hydrogens (primary N) is 1. The van der Waals surface area contributed by atoms with Crippen LogP contribution < -0.4 is 11.1 Å². The summed E-state index contributed by atoms with van der Waals surface area (Å²) in [6.07, 6.45) is 5.83. The molecular formula is C15H22N2OS. The molecule has 1 fully saturated rings. The highest BCUT2D eigenvalue weighted by Crippen LogP contribution is 2.42. The second-order valence-electron chi connectivity index (χ2n) is 5.35. The Morgan fingerprint density at radius 1 is 1.53 bits per heavy atom. The van der Waals surface area contributed by atoms with Crippen LogP contribution in [-0.4, -0.2) is 23.5 Å². The van der Waals surface area contributed by atoms with Crippen molar-refractivity contribution in [2.45, 2.75) is 36.9 Å². The lowest BCUT2D eigenvalue weighted by Gasteiger charge is -2.40. The average Bonchev–Trinajstić information content (AvgIpc) is 2.37. The van der Waals surface area contributed by atoms with Crippen LogP contribution in [-0.2, 0) is 4.79 Å². The highest BCUT2D eigenvalue weighted by Gasteiger charge is 2.36. The van der Waals surface area contributed by atoms with Gasteiger partial charge in [0.1, 0.15) is 0 Å². The number of rotatable bonds is 5. The average molecular weight is 278 g/mol. The summed E-state index contributed by atoms with van der Waals surface area (Å²) in [5.41, 5.74) is 7.44. The van der Waals surface area contributed by atoms with Crippen LogP contribution in [0.15, 0.2) is 24.3 Å². The molecule has 0 aromatic heterocycles. The van der Waals surface area contributed by atoms with E-state index in [1.807, 2.05) is 43.0 Å².